The molecule has 0 bridgehead atoms. The summed E-state index contributed by atoms with van der Waals surface area (Å²) in [6.45, 7) is 2.09. The highest BCUT2D eigenvalue weighted by Gasteiger charge is 2.36. The zero-order valence-corrected chi connectivity index (χ0v) is 22.0. The number of carbonyl (C=O) groups is 3. The molecule has 0 radical (unpaired) electrons. The normalized spacial score (nSPS) is 14.2. The van der Waals surface area contributed by atoms with Crippen LogP contribution in [0.3, 0.4) is 0 Å². The Balaban J connectivity index is 1.49. The first-order valence-corrected chi connectivity index (χ1v) is 12.8. The number of nitrogens with zero attached hydrogens (tertiary/aromatic N) is 1. The predicted octanol–water partition coefficient (Wildman–Crippen LogP) is 6.65. The van der Waals surface area contributed by atoms with Gasteiger partial charge in [0.2, 0.25) is 5.91 Å². The lowest BCUT2D eigenvalue weighted by Gasteiger charge is -2.15. The highest BCUT2D eigenvalue weighted by molar-refractivity contribution is 8.18. The van der Waals surface area contributed by atoms with Crippen LogP contribution < -0.4 is 14.8 Å². The summed E-state index contributed by atoms with van der Waals surface area (Å²) < 4.78 is 11.6. The topological polar surface area (TPSA) is 84.9 Å². The SMILES string of the molecule is CCOc1cc(/C=C2\SC(=O)N(CC(=O)Nc3cccc(Cl)c3)C2=O)cc(Cl)c1OCc1ccccc1. The van der Waals surface area contributed by atoms with Crippen molar-refractivity contribution in [3.8, 4) is 11.5 Å². The molecule has 10 heteroatoms. The maximum Gasteiger partial charge on any atom is 0.294 e. The van der Waals surface area contributed by atoms with Crippen molar-refractivity contribution in [2.45, 2.75) is 13.5 Å². The van der Waals surface area contributed by atoms with Crippen molar-refractivity contribution in [3.63, 3.8) is 0 Å². The number of benzene rings is 3. The van der Waals surface area contributed by atoms with Gasteiger partial charge in [-0.2, -0.15) is 0 Å². The molecule has 1 saturated heterocycles. The van der Waals surface area contributed by atoms with E-state index in [4.69, 9.17) is 32.7 Å². The van der Waals surface area contributed by atoms with Crippen molar-refractivity contribution in [1.82, 2.24) is 4.90 Å². The molecule has 190 valence electrons. The lowest BCUT2D eigenvalue weighted by atomic mass is 10.1. The first-order chi connectivity index (χ1) is 17.8. The van der Waals surface area contributed by atoms with Gasteiger partial charge in [-0.05, 0) is 66.2 Å². The van der Waals surface area contributed by atoms with Crippen LogP contribution in [0.2, 0.25) is 10.0 Å². The Morgan fingerprint density at radius 1 is 1.03 bits per heavy atom. The zero-order chi connectivity index (χ0) is 26.4. The second kappa shape index (κ2) is 12.2. The number of thioether (sulfide) groups is 1. The molecule has 3 aromatic rings. The van der Waals surface area contributed by atoms with Crippen LogP contribution in [-0.2, 0) is 16.2 Å². The monoisotopic (exact) mass is 556 g/mol. The molecule has 7 nitrogen and oxygen atoms in total. The average Bonchev–Trinajstić information content (AvgIpc) is 3.11. The Kier molecular flexibility index (Phi) is 8.76. The predicted molar refractivity (Wildman–Crippen MR) is 146 cm³/mol. The molecule has 0 unspecified atom stereocenters. The van der Waals surface area contributed by atoms with E-state index < -0.39 is 23.6 Å². The van der Waals surface area contributed by atoms with Crippen LogP contribution in [0.5, 0.6) is 11.5 Å². The van der Waals surface area contributed by atoms with Crippen LogP contribution in [0.15, 0.2) is 71.6 Å². The first-order valence-electron chi connectivity index (χ1n) is 11.3. The third kappa shape index (κ3) is 6.85. The molecule has 0 atom stereocenters. The molecule has 1 heterocycles. The largest absolute Gasteiger partial charge is 0.490 e. The van der Waals surface area contributed by atoms with E-state index >= 15 is 0 Å². The number of hydrogen-bond donors (Lipinski definition) is 1. The number of rotatable bonds is 9. The standard InChI is InChI=1S/C27H22Cl2N2O5S/c1-2-35-22-12-18(11-21(29)25(22)36-16-17-7-4-3-5-8-17)13-23-26(33)31(27(34)37-23)15-24(32)30-20-10-6-9-19(28)14-20/h3-14H,2,15-16H2,1H3,(H,30,32)/b23-13-. The van der Waals surface area contributed by atoms with Crippen LogP contribution in [0.25, 0.3) is 6.08 Å². The van der Waals surface area contributed by atoms with Crippen LogP contribution in [0, 0.1) is 0 Å². The van der Waals surface area contributed by atoms with Crippen molar-refractivity contribution in [1.29, 1.82) is 0 Å². The summed E-state index contributed by atoms with van der Waals surface area (Å²) in [5, 5.41) is 2.83. The van der Waals surface area contributed by atoms with Crippen molar-refractivity contribution >= 4 is 63.8 Å². The van der Waals surface area contributed by atoms with Crippen LogP contribution >= 0.6 is 35.0 Å². The number of hydrogen-bond acceptors (Lipinski definition) is 6. The number of imide groups is 1. The molecule has 0 aliphatic carbocycles. The van der Waals surface area contributed by atoms with E-state index in [2.05, 4.69) is 5.32 Å². The molecule has 3 aromatic carbocycles. The molecule has 1 fully saturated rings. The number of amides is 3. The third-order valence-electron chi connectivity index (χ3n) is 5.14. The van der Waals surface area contributed by atoms with E-state index in [0.717, 1.165) is 22.2 Å². The maximum absolute atomic E-state index is 12.9. The minimum atomic E-state index is -0.574. The lowest BCUT2D eigenvalue weighted by Crippen LogP contribution is -2.36. The lowest BCUT2D eigenvalue weighted by molar-refractivity contribution is -0.127. The first kappa shape index (κ1) is 26.6. The molecule has 1 N–H and O–H groups in total. The fourth-order valence-electron chi connectivity index (χ4n) is 3.50. The summed E-state index contributed by atoms with van der Waals surface area (Å²) in [5.74, 6) is -0.297. The molecule has 0 aromatic heterocycles. The minimum absolute atomic E-state index is 0.164. The molecule has 1 aliphatic heterocycles. The summed E-state index contributed by atoms with van der Waals surface area (Å²) in [4.78, 5) is 38.9. The minimum Gasteiger partial charge on any atom is -0.490 e. The number of halogens is 2. The summed E-state index contributed by atoms with van der Waals surface area (Å²) in [5.41, 5.74) is 1.99. The number of ether oxygens (including phenoxy) is 2. The Morgan fingerprint density at radius 2 is 1.81 bits per heavy atom. The molecule has 1 aliphatic rings. The summed E-state index contributed by atoms with van der Waals surface area (Å²) in [6.07, 6.45) is 1.54. The van der Waals surface area contributed by atoms with Crippen LogP contribution in [0.1, 0.15) is 18.1 Å². The quantitative estimate of drug-likeness (QED) is 0.297. The maximum atomic E-state index is 12.9. The van der Waals surface area contributed by atoms with Gasteiger partial charge < -0.3 is 14.8 Å². The number of carbonyl (C=O) groups excluding carboxylic acids is 3. The molecule has 3 amide bonds. The van der Waals surface area contributed by atoms with Crippen molar-refractivity contribution in [3.05, 3.63) is 92.8 Å². The molecule has 0 saturated carbocycles. The Morgan fingerprint density at radius 3 is 2.54 bits per heavy atom. The van der Waals surface area contributed by atoms with Gasteiger partial charge in [-0.15, -0.1) is 0 Å². The Hall–Kier alpha value is -3.46. The van der Waals surface area contributed by atoms with Gasteiger partial charge in [-0.1, -0.05) is 59.6 Å². The molecular formula is C27H22Cl2N2O5S. The van der Waals surface area contributed by atoms with E-state index in [-0.39, 0.29) is 4.91 Å². The van der Waals surface area contributed by atoms with Crippen molar-refractivity contribution < 1.29 is 23.9 Å². The second-order valence-corrected chi connectivity index (χ2v) is 9.70. The fourth-order valence-corrected chi connectivity index (χ4v) is 4.80. The van der Waals surface area contributed by atoms with Crippen molar-refractivity contribution in [2.24, 2.45) is 0 Å². The highest BCUT2D eigenvalue weighted by Crippen LogP contribution is 2.39. The van der Waals surface area contributed by atoms with Gasteiger partial charge in [0, 0.05) is 10.7 Å². The Bertz CT molecular complexity index is 1360. The fraction of sp³-hybridized carbons (Fsp3) is 0.148. The number of anilines is 1. The third-order valence-corrected chi connectivity index (χ3v) is 6.56. The van der Waals surface area contributed by atoms with Gasteiger partial charge in [0.05, 0.1) is 16.5 Å². The average molecular weight is 557 g/mol. The van der Waals surface area contributed by atoms with Gasteiger partial charge in [0.15, 0.2) is 11.5 Å². The molecular weight excluding hydrogens is 535 g/mol. The van der Waals surface area contributed by atoms with Gasteiger partial charge in [-0.25, -0.2) is 0 Å². The van der Waals surface area contributed by atoms with E-state index in [1.165, 1.54) is 6.08 Å². The van der Waals surface area contributed by atoms with E-state index in [0.29, 0.717) is 46.0 Å². The second-order valence-electron chi connectivity index (χ2n) is 7.86. The van der Waals surface area contributed by atoms with Gasteiger partial charge in [0.1, 0.15) is 13.2 Å². The molecule has 4 rings (SSSR count). The molecule has 0 spiro atoms. The Labute approximate surface area is 228 Å². The van der Waals surface area contributed by atoms with Gasteiger partial charge in [-0.3, -0.25) is 19.3 Å². The van der Waals surface area contributed by atoms with Crippen LogP contribution in [0.4, 0.5) is 10.5 Å². The summed E-state index contributed by atoms with van der Waals surface area (Å²) in [7, 11) is 0. The molecule has 37 heavy (non-hydrogen) atoms. The van der Waals surface area contributed by atoms with Crippen molar-refractivity contribution in [2.75, 3.05) is 18.5 Å². The van der Waals surface area contributed by atoms with E-state index in [9.17, 15) is 14.4 Å². The van der Waals surface area contributed by atoms with Gasteiger partial charge in [0.25, 0.3) is 11.1 Å². The van der Waals surface area contributed by atoms with Gasteiger partial charge >= 0.3 is 0 Å². The zero-order valence-electron chi connectivity index (χ0n) is 19.7. The van der Waals surface area contributed by atoms with Crippen LogP contribution in [-0.4, -0.2) is 35.1 Å². The summed E-state index contributed by atoms with van der Waals surface area (Å²) >= 11 is 13.2. The van der Waals surface area contributed by atoms with E-state index in [1.807, 2.05) is 37.3 Å². The number of nitrogens with one attached hydrogen (secondary N) is 1. The highest BCUT2D eigenvalue weighted by atomic mass is 35.5. The summed E-state index contributed by atoms with van der Waals surface area (Å²) in [6, 6.07) is 19.5. The smallest absolute Gasteiger partial charge is 0.294 e. The van der Waals surface area contributed by atoms with E-state index in [1.54, 1.807) is 36.4 Å².